The Bertz CT molecular complexity index is 548. The molecule has 6 nitrogen and oxygen atoms in total. The lowest BCUT2D eigenvalue weighted by molar-refractivity contribution is 0.0654. The molecule has 2 N–H and O–H groups in total. The maximum Gasteiger partial charge on any atom is 0.393 e. The van der Waals surface area contributed by atoms with E-state index < -0.39 is 11.9 Å². The average molecular weight is 220 g/mol. The molecule has 0 fully saturated rings. The van der Waals surface area contributed by atoms with Crippen molar-refractivity contribution in [1.82, 2.24) is 10.2 Å². The molecule has 82 valence electrons. The predicted octanol–water partition coefficient (Wildman–Crippen LogP) is 1.45. The van der Waals surface area contributed by atoms with Crippen LogP contribution < -0.4 is 0 Å². The molecule has 0 bridgehead atoms. The minimum atomic E-state index is -1.28. The first-order valence-corrected chi connectivity index (χ1v) is 4.45. The molecular weight excluding hydrogens is 212 g/mol. The molecule has 2 aromatic rings. The van der Waals surface area contributed by atoms with Crippen molar-refractivity contribution in [2.75, 3.05) is 0 Å². The van der Waals surface area contributed by atoms with Crippen molar-refractivity contribution < 1.29 is 19.4 Å². The van der Waals surface area contributed by atoms with Crippen LogP contribution in [0.1, 0.15) is 16.2 Å². The second kappa shape index (κ2) is 3.65. The predicted molar refractivity (Wildman–Crippen MR) is 53.1 cm³/mol. The summed E-state index contributed by atoms with van der Waals surface area (Å²) in [6.07, 6.45) is 0. The second-order valence-electron chi connectivity index (χ2n) is 3.17. The molecule has 0 aliphatic rings. The molecule has 2 rings (SSSR count). The van der Waals surface area contributed by atoms with Crippen molar-refractivity contribution in [2.24, 2.45) is 0 Å². The lowest BCUT2D eigenvalue weighted by Gasteiger charge is -2.01. The Hall–Kier alpha value is -2.37. The largest absolute Gasteiger partial charge is 0.508 e. The van der Waals surface area contributed by atoms with Crippen LogP contribution in [0.5, 0.6) is 5.75 Å². The van der Waals surface area contributed by atoms with E-state index in [4.69, 9.17) is 9.52 Å². The van der Waals surface area contributed by atoms with Gasteiger partial charge < -0.3 is 14.6 Å². The van der Waals surface area contributed by atoms with Crippen LogP contribution in [0, 0.1) is 6.92 Å². The molecule has 0 amide bonds. The van der Waals surface area contributed by atoms with Crippen LogP contribution >= 0.6 is 0 Å². The lowest BCUT2D eigenvalue weighted by atomic mass is 10.1. The number of aromatic nitrogens is 2. The van der Waals surface area contributed by atoms with Gasteiger partial charge >= 0.3 is 11.9 Å². The van der Waals surface area contributed by atoms with Crippen LogP contribution in [0.4, 0.5) is 0 Å². The van der Waals surface area contributed by atoms with Gasteiger partial charge in [-0.05, 0) is 19.1 Å². The number of aromatic carboxylic acids is 1. The Morgan fingerprint density at radius 1 is 1.38 bits per heavy atom. The number of carboxylic acids is 1. The van der Waals surface area contributed by atoms with Gasteiger partial charge in [-0.1, -0.05) is 6.07 Å². The molecule has 0 aliphatic heterocycles. The molecule has 0 saturated heterocycles. The topological polar surface area (TPSA) is 96.5 Å². The molecule has 1 heterocycles. The third-order valence-corrected chi connectivity index (χ3v) is 2.14. The van der Waals surface area contributed by atoms with Gasteiger partial charge in [-0.15, -0.1) is 10.2 Å². The number of carboxylic acid groups (broad SMARTS) is 1. The first-order chi connectivity index (χ1) is 7.59. The maximum absolute atomic E-state index is 10.6. The van der Waals surface area contributed by atoms with Gasteiger partial charge in [0.25, 0.3) is 0 Å². The summed E-state index contributed by atoms with van der Waals surface area (Å²) in [6.45, 7) is 1.68. The summed E-state index contributed by atoms with van der Waals surface area (Å²) in [5, 5.41) is 25.1. The highest BCUT2D eigenvalue weighted by Crippen LogP contribution is 2.27. The van der Waals surface area contributed by atoms with E-state index >= 15 is 0 Å². The van der Waals surface area contributed by atoms with E-state index in [0.29, 0.717) is 11.1 Å². The SMILES string of the molecule is Cc1c(O)cccc1-c1nnc(C(=O)O)o1. The monoisotopic (exact) mass is 220 g/mol. The normalized spacial score (nSPS) is 10.3. The molecule has 1 aromatic carbocycles. The highest BCUT2D eigenvalue weighted by Gasteiger charge is 2.16. The molecule has 0 aliphatic carbocycles. The van der Waals surface area contributed by atoms with Crippen molar-refractivity contribution in [2.45, 2.75) is 6.92 Å². The van der Waals surface area contributed by atoms with Crippen molar-refractivity contribution in [3.8, 4) is 17.2 Å². The maximum atomic E-state index is 10.6. The molecular formula is C10H8N2O4. The molecule has 0 radical (unpaired) electrons. The number of carbonyl (C=O) groups is 1. The Balaban J connectivity index is 2.50. The van der Waals surface area contributed by atoms with Crippen LogP contribution in [0.25, 0.3) is 11.5 Å². The van der Waals surface area contributed by atoms with Gasteiger partial charge in [0.1, 0.15) is 5.75 Å². The fourth-order valence-corrected chi connectivity index (χ4v) is 1.27. The summed E-state index contributed by atoms with van der Waals surface area (Å²) >= 11 is 0. The Kier molecular flexibility index (Phi) is 2.32. The first-order valence-electron chi connectivity index (χ1n) is 4.45. The van der Waals surface area contributed by atoms with Gasteiger partial charge in [-0.25, -0.2) is 4.79 Å². The lowest BCUT2D eigenvalue weighted by Crippen LogP contribution is -1.95. The fraction of sp³-hybridized carbons (Fsp3) is 0.100. The minimum Gasteiger partial charge on any atom is -0.508 e. The number of rotatable bonds is 2. The van der Waals surface area contributed by atoms with Crippen LogP contribution in [0.2, 0.25) is 0 Å². The Morgan fingerprint density at radius 3 is 2.75 bits per heavy atom. The standard InChI is InChI=1S/C10H8N2O4/c1-5-6(3-2-4-7(5)13)8-11-12-9(16-8)10(14)15/h2-4,13H,1H3,(H,14,15). The van der Waals surface area contributed by atoms with E-state index in [-0.39, 0.29) is 11.6 Å². The van der Waals surface area contributed by atoms with Gasteiger partial charge in [0, 0.05) is 11.1 Å². The summed E-state index contributed by atoms with van der Waals surface area (Å²) in [4.78, 5) is 10.6. The van der Waals surface area contributed by atoms with Crippen molar-refractivity contribution in [3.63, 3.8) is 0 Å². The van der Waals surface area contributed by atoms with Gasteiger partial charge in [0.05, 0.1) is 0 Å². The van der Waals surface area contributed by atoms with Crippen LogP contribution in [0.3, 0.4) is 0 Å². The van der Waals surface area contributed by atoms with E-state index in [0.717, 1.165) is 0 Å². The van der Waals surface area contributed by atoms with E-state index in [1.54, 1.807) is 19.1 Å². The molecule has 6 heteroatoms. The summed E-state index contributed by atoms with van der Waals surface area (Å²) in [5.41, 5.74) is 1.07. The number of hydrogen-bond acceptors (Lipinski definition) is 5. The van der Waals surface area contributed by atoms with Crippen molar-refractivity contribution in [3.05, 3.63) is 29.7 Å². The smallest absolute Gasteiger partial charge is 0.393 e. The molecule has 1 aromatic heterocycles. The highest BCUT2D eigenvalue weighted by molar-refractivity contribution is 5.82. The van der Waals surface area contributed by atoms with E-state index in [9.17, 15) is 9.90 Å². The number of phenols is 1. The Labute approximate surface area is 90.2 Å². The van der Waals surface area contributed by atoms with Crippen molar-refractivity contribution in [1.29, 1.82) is 0 Å². The Morgan fingerprint density at radius 2 is 2.12 bits per heavy atom. The van der Waals surface area contributed by atoms with Crippen LogP contribution in [0.15, 0.2) is 22.6 Å². The van der Waals surface area contributed by atoms with E-state index in [2.05, 4.69) is 10.2 Å². The number of nitrogens with zero attached hydrogens (tertiary/aromatic N) is 2. The summed E-state index contributed by atoms with van der Waals surface area (Å²) in [6, 6.07) is 4.80. The molecule has 0 saturated carbocycles. The molecule has 16 heavy (non-hydrogen) atoms. The zero-order valence-corrected chi connectivity index (χ0v) is 8.34. The van der Waals surface area contributed by atoms with Crippen LogP contribution in [-0.2, 0) is 0 Å². The first kappa shape index (κ1) is 10.2. The van der Waals surface area contributed by atoms with E-state index in [1.165, 1.54) is 6.07 Å². The second-order valence-corrected chi connectivity index (χ2v) is 3.17. The highest BCUT2D eigenvalue weighted by atomic mass is 16.4. The molecule has 0 atom stereocenters. The van der Waals surface area contributed by atoms with Crippen LogP contribution in [-0.4, -0.2) is 26.4 Å². The summed E-state index contributed by atoms with van der Waals surface area (Å²) in [7, 11) is 0. The fourth-order valence-electron chi connectivity index (χ4n) is 1.27. The third kappa shape index (κ3) is 1.60. The zero-order valence-electron chi connectivity index (χ0n) is 8.34. The van der Waals surface area contributed by atoms with Gasteiger partial charge in [-0.3, -0.25) is 0 Å². The summed E-state index contributed by atoms with van der Waals surface area (Å²) < 4.78 is 4.93. The summed E-state index contributed by atoms with van der Waals surface area (Å²) in [5.74, 6) is -1.59. The van der Waals surface area contributed by atoms with Gasteiger partial charge in [0.15, 0.2) is 0 Å². The molecule has 0 spiro atoms. The van der Waals surface area contributed by atoms with Gasteiger partial charge in [0.2, 0.25) is 5.89 Å². The number of phenolic OH excluding ortho intramolecular Hbond substituents is 1. The average Bonchev–Trinajstić information content (AvgIpc) is 2.71. The number of aromatic hydroxyl groups is 1. The quantitative estimate of drug-likeness (QED) is 0.794. The van der Waals surface area contributed by atoms with Gasteiger partial charge in [-0.2, -0.15) is 0 Å². The third-order valence-electron chi connectivity index (χ3n) is 2.14. The minimum absolute atomic E-state index is 0.0748. The number of benzene rings is 1. The van der Waals surface area contributed by atoms with Crippen molar-refractivity contribution >= 4 is 5.97 Å². The number of hydrogen-bond donors (Lipinski definition) is 2. The van der Waals surface area contributed by atoms with E-state index in [1.807, 2.05) is 0 Å². The zero-order chi connectivity index (χ0) is 11.7. The molecule has 0 unspecified atom stereocenters.